The molecule has 1 N–H and O–H groups in total. The van der Waals surface area contributed by atoms with E-state index < -0.39 is 0 Å². The zero-order chi connectivity index (χ0) is 14.4. The molecular formula is C15H19N3O2. The summed E-state index contributed by atoms with van der Waals surface area (Å²) in [6.07, 6.45) is 4.61. The largest absolute Gasteiger partial charge is 0.354 e. The first-order valence-electron chi connectivity index (χ1n) is 6.88. The molecule has 2 rings (SSSR count). The van der Waals surface area contributed by atoms with Crippen molar-refractivity contribution >= 4 is 0 Å². The molecule has 0 aliphatic carbocycles. The van der Waals surface area contributed by atoms with E-state index in [1.54, 1.807) is 0 Å². The van der Waals surface area contributed by atoms with E-state index in [0.29, 0.717) is 6.54 Å². The van der Waals surface area contributed by atoms with Crippen LogP contribution in [-0.2, 0) is 0 Å². The summed E-state index contributed by atoms with van der Waals surface area (Å²) >= 11 is 0. The van der Waals surface area contributed by atoms with Gasteiger partial charge in [0.15, 0.2) is 0 Å². The van der Waals surface area contributed by atoms with Crippen molar-refractivity contribution < 1.29 is 0 Å². The van der Waals surface area contributed by atoms with Crippen LogP contribution in [-0.4, -0.2) is 15.8 Å². The van der Waals surface area contributed by atoms with Gasteiger partial charge in [0.2, 0.25) is 0 Å². The van der Waals surface area contributed by atoms with Crippen LogP contribution in [0.15, 0.2) is 52.2 Å². The number of aromatic nitrogens is 2. The van der Waals surface area contributed by atoms with Gasteiger partial charge in [0.05, 0.1) is 5.69 Å². The van der Waals surface area contributed by atoms with Crippen molar-refractivity contribution in [2.45, 2.75) is 26.2 Å². The maximum absolute atomic E-state index is 12.3. The van der Waals surface area contributed by atoms with E-state index in [9.17, 15) is 9.59 Å². The molecule has 1 heterocycles. The topological polar surface area (TPSA) is 56.0 Å². The maximum atomic E-state index is 12.3. The number of para-hydroxylation sites is 1. The molecule has 5 nitrogen and oxygen atoms in total. The summed E-state index contributed by atoms with van der Waals surface area (Å²) in [4.78, 5) is 24.1. The van der Waals surface area contributed by atoms with Crippen molar-refractivity contribution in [3.63, 3.8) is 0 Å². The molecule has 0 saturated carbocycles. The van der Waals surface area contributed by atoms with Gasteiger partial charge in [-0.15, -0.1) is 0 Å². The Hall–Kier alpha value is -2.30. The minimum Gasteiger partial charge on any atom is -0.319 e. The van der Waals surface area contributed by atoms with Crippen molar-refractivity contribution in [1.29, 1.82) is 0 Å². The molecule has 0 amide bonds. The Labute approximate surface area is 117 Å². The lowest BCUT2D eigenvalue weighted by molar-refractivity contribution is 0.659. The highest BCUT2D eigenvalue weighted by Crippen LogP contribution is 2.01. The second-order valence-electron chi connectivity index (χ2n) is 4.59. The monoisotopic (exact) mass is 273 g/mol. The molecule has 0 spiro atoms. The Morgan fingerprint density at radius 3 is 2.50 bits per heavy atom. The second-order valence-corrected chi connectivity index (χ2v) is 4.59. The highest BCUT2D eigenvalue weighted by molar-refractivity contribution is 5.30. The highest BCUT2D eigenvalue weighted by atomic mass is 16.2. The molecule has 5 heteroatoms. The molecule has 106 valence electrons. The van der Waals surface area contributed by atoms with Crippen LogP contribution >= 0.6 is 0 Å². The Morgan fingerprint density at radius 1 is 1.05 bits per heavy atom. The first kappa shape index (κ1) is 14.1. The van der Waals surface area contributed by atoms with Gasteiger partial charge in [-0.25, -0.2) is 4.79 Å². The first-order chi connectivity index (χ1) is 9.74. The Bertz CT molecular complexity index is 659. The summed E-state index contributed by atoms with van der Waals surface area (Å²) in [5.41, 5.74) is 2.93. The van der Waals surface area contributed by atoms with Gasteiger partial charge >= 0.3 is 5.69 Å². The van der Waals surface area contributed by atoms with E-state index in [-0.39, 0.29) is 11.2 Å². The maximum Gasteiger partial charge on any atom is 0.354 e. The molecule has 0 fully saturated rings. The molecule has 20 heavy (non-hydrogen) atoms. The Kier molecular flexibility index (Phi) is 4.76. The third kappa shape index (κ3) is 3.17. The highest BCUT2D eigenvalue weighted by Gasteiger charge is 2.05. The van der Waals surface area contributed by atoms with Gasteiger partial charge in [0.25, 0.3) is 5.56 Å². The van der Waals surface area contributed by atoms with Gasteiger partial charge in [-0.05, 0) is 18.6 Å². The van der Waals surface area contributed by atoms with Crippen molar-refractivity contribution in [2.75, 3.05) is 12.0 Å². The Morgan fingerprint density at radius 2 is 1.80 bits per heavy atom. The molecule has 2 aromatic rings. The van der Waals surface area contributed by atoms with Crippen molar-refractivity contribution in [1.82, 2.24) is 9.24 Å². The third-order valence-corrected chi connectivity index (χ3v) is 3.07. The third-order valence-electron chi connectivity index (χ3n) is 3.07. The fraction of sp³-hybridized carbons (Fsp3) is 0.333. The van der Waals surface area contributed by atoms with Gasteiger partial charge in [-0.1, -0.05) is 38.0 Å². The van der Waals surface area contributed by atoms with Crippen molar-refractivity contribution in [3.8, 4) is 5.69 Å². The predicted octanol–water partition coefficient (Wildman–Crippen LogP) is 1.73. The average Bonchev–Trinajstić information content (AvgIpc) is 2.47. The summed E-state index contributed by atoms with van der Waals surface area (Å²) in [5.74, 6) is 0. The second kappa shape index (κ2) is 6.75. The van der Waals surface area contributed by atoms with Crippen LogP contribution in [0.2, 0.25) is 0 Å². The number of hydrogen-bond donors (Lipinski definition) is 1. The number of unbranched alkanes of at least 4 members (excludes halogenated alkanes) is 2. The summed E-state index contributed by atoms with van der Waals surface area (Å²) in [6, 6.07) is 10.6. The number of nitrogens with zero attached hydrogens (tertiary/aromatic N) is 2. The fourth-order valence-corrected chi connectivity index (χ4v) is 1.98. The van der Waals surface area contributed by atoms with Gasteiger partial charge in [0, 0.05) is 18.8 Å². The molecule has 0 saturated heterocycles. The van der Waals surface area contributed by atoms with E-state index >= 15 is 0 Å². The van der Waals surface area contributed by atoms with Crippen LogP contribution in [0.5, 0.6) is 0 Å². The first-order valence-corrected chi connectivity index (χ1v) is 6.88. The number of benzene rings is 1. The molecule has 0 unspecified atom stereocenters. The van der Waals surface area contributed by atoms with Crippen LogP contribution in [0.3, 0.4) is 0 Å². The lowest BCUT2D eigenvalue weighted by Gasteiger charge is -2.11. The molecular weight excluding hydrogens is 254 g/mol. The van der Waals surface area contributed by atoms with E-state index in [4.69, 9.17) is 0 Å². The number of rotatable bonds is 6. The van der Waals surface area contributed by atoms with Crippen LogP contribution in [0.4, 0.5) is 0 Å². The van der Waals surface area contributed by atoms with Crippen LogP contribution in [0.1, 0.15) is 26.2 Å². The quantitative estimate of drug-likeness (QED) is 0.816. The summed E-state index contributed by atoms with van der Waals surface area (Å²) < 4.78 is 2.52. The average molecular weight is 273 g/mol. The van der Waals surface area contributed by atoms with E-state index in [2.05, 4.69) is 12.3 Å². The predicted molar refractivity (Wildman–Crippen MR) is 80.1 cm³/mol. The summed E-state index contributed by atoms with van der Waals surface area (Å²) in [6.45, 7) is 2.72. The molecule has 0 aliphatic rings. The molecule has 0 aliphatic heterocycles. The molecule has 0 atom stereocenters. The van der Waals surface area contributed by atoms with E-state index in [0.717, 1.165) is 29.6 Å². The van der Waals surface area contributed by atoms with E-state index in [1.165, 1.54) is 16.8 Å². The van der Waals surface area contributed by atoms with Crippen LogP contribution in [0.25, 0.3) is 5.69 Å². The summed E-state index contributed by atoms with van der Waals surface area (Å²) in [5, 5.41) is 0. The van der Waals surface area contributed by atoms with Gasteiger partial charge in [0.1, 0.15) is 0 Å². The van der Waals surface area contributed by atoms with Gasteiger partial charge < -0.3 is 5.43 Å². The normalized spacial score (nSPS) is 10.4. The number of hydrogen-bond acceptors (Lipinski definition) is 3. The number of nitrogens with one attached hydrogen (secondary N) is 1. The minimum absolute atomic E-state index is 0.335. The van der Waals surface area contributed by atoms with Gasteiger partial charge in [-0.3, -0.25) is 9.36 Å². The van der Waals surface area contributed by atoms with Crippen LogP contribution in [0, 0.1) is 0 Å². The summed E-state index contributed by atoms with van der Waals surface area (Å²) in [7, 11) is 0. The minimum atomic E-state index is -0.375. The zero-order valence-electron chi connectivity index (χ0n) is 11.6. The van der Waals surface area contributed by atoms with Crippen molar-refractivity contribution in [2.24, 2.45) is 0 Å². The van der Waals surface area contributed by atoms with Crippen LogP contribution < -0.4 is 16.7 Å². The smallest absolute Gasteiger partial charge is 0.319 e. The standard InChI is InChI=1S/C15H19N3O2/c1-2-3-7-11-16-18-14(19)10-12-17(15(18)20)13-8-5-4-6-9-13/h4-6,8-10,12,16H,2-3,7,11H2,1H3. The fourth-order valence-electron chi connectivity index (χ4n) is 1.98. The SMILES string of the molecule is CCCCCNn1c(=O)ccn(-c2ccccc2)c1=O. The lowest BCUT2D eigenvalue weighted by atomic mass is 10.2. The van der Waals surface area contributed by atoms with E-state index in [1.807, 2.05) is 30.3 Å². The van der Waals surface area contributed by atoms with Crippen molar-refractivity contribution in [3.05, 3.63) is 63.4 Å². The lowest BCUT2D eigenvalue weighted by Crippen LogP contribution is -2.44. The Balaban J connectivity index is 2.29. The van der Waals surface area contributed by atoms with Gasteiger partial charge in [-0.2, -0.15) is 4.68 Å². The zero-order valence-corrected chi connectivity index (χ0v) is 11.6. The molecule has 0 radical (unpaired) electrons. The molecule has 1 aromatic carbocycles. The molecule has 0 bridgehead atoms. The molecule has 1 aromatic heterocycles.